The van der Waals surface area contributed by atoms with Crippen LogP contribution in [0.25, 0.3) is 28.0 Å². The van der Waals surface area contributed by atoms with Crippen molar-refractivity contribution in [2.24, 2.45) is 0 Å². The lowest BCUT2D eigenvalue weighted by Crippen LogP contribution is -2.18. The van der Waals surface area contributed by atoms with Gasteiger partial charge in [-0.25, -0.2) is 9.50 Å². The topological polar surface area (TPSA) is 83.0 Å². The van der Waals surface area contributed by atoms with Gasteiger partial charge in [0.25, 0.3) is 11.1 Å². The molecule has 2 N–H and O–H groups in total. The second-order valence-corrected chi connectivity index (χ2v) is 6.64. The molecule has 0 atom stereocenters. The molecule has 0 unspecified atom stereocenters. The van der Waals surface area contributed by atoms with Crippen molar-refractivity contribution in [2.75, 3.05) is 0 Å². The standard InChI is InChI=1S/C21H20N4O2/c1-4-16-12(2)10-15(21(27)23-16)17-11-18(26)25-20(22-17)19(13(3)24-25)14-8-6-5-7-9-14/h5-11,24H,4H2,1-3H3,(H,23,27). The Morgan fingerprint density at radius 3 is 2.52 bits per heavy atom. The third-order valence-corrected chi connectivity index (χ3v) is 4.83. The predicted octanol–water partition coefficient (Wildman–Crippen LogP) is 3.22. The van der Waals surface area contributed by atoms with Crippen molar-refractivity contribution in [1.82, 2.24) is 19.6 Å². The first kappa shape index (κ1) is 17.0. The largest absolute Gasteiger partial charge is 0.325 e. The molecule has 1 aromatic carbocycles. The maximum Gasteiger partial charge on any atom is 0.273 e. The molecule has 0 bridgehead atoms. The second kappa shape index (κ2) is 6.39. The van der Waals surface area contributed by atoms with Gasteiger partial charge >= 0.3 is 0 Å². The van der Waals surface area contributed by atoms with E-state index in [-0.39, 0.29) is 11.1 Å². The van der Waals surface area contributed by atoms with Crippen molar-refractivity contribution in [3.63, 3.8) is 0 Å². The molecule has 0 saturated heterocycles. The van der Waals surface area contributed by atoms with E-state index in [1.807, 2.05) is 51.1 Å². The number of rotatable bonds is 3. The zero-order chi connectivity index (χ0) is 19.1. The summed E-state index contributed by atoms with van der Waals surface area (Å²) in [5.41, 5.74) is 5.33. The van der Waals surface area contributed by atoms with Gasteiger partial charge in [-0.1, -0.05) is 37.3 Å². The molecule has 0 aliphatic heterocycles. The van der Waals surface area contributed by atoms with Crippen LogP contribution >= 0.6 is 0 Å². The molecular weight excluding hydrogens is 340 g/mol. The summed E-state index contributed by atoms with van der Waals surface area (Å²) in [6.45, 7) is 5.84. The van der Waals surface area contributed by atoms with Crippen molar-refractivity contribution in [3.8, 4) is 22.4 Å². The average molecular weight is 360 g/mol. The predicted molar refractivity (Wildman–Crippen MR) is 106 cm³/mol. The molecule has 4 aromatic rings. The summed E-state index contributed by atoms with van der Waals surface area (Å²) in [6.07, 6.45) is 0.742. The molecule has 0 spiro atoms. The number of hydrogen-bond donors (Lipinski definition) is 2. The van der Waals surface area contributed by atoms with E-state index in [9.17, 15) is 9.59 Å². The molecule has 3 aromatic heterocycles. The Bertz CT molecular complexity index is 1260. The van der Waals surface area contributed by atoms with Crippen LogP contribution in [-0.4, -0.2) is 19.6 Å². The van der Waals surface area contributed by atoms with Gasteiger partial charge in [-0.15, -0.1) is 0 Å². The highest BCUT2D eigenvalue weighted by Gasteiger charge is 2.17. The minimum Gasteiger partial charge on any atom is -0.325 e. The molecule has 136 valence electrons. The summed E-state index contributed by atoms with van der Waals surface area (Å²) in [7, 11) is 0. The first-order chi connectivity index (χ1) is 13.0. The number of aryl methyl sites for hydroxylation is 3. The number of fused-ring (bicyclic) bond motifs is 1. The Balaban J connectivity index is 2.01. The Morgan fingerprint density at radius 1 is 1.07 bits per heavy atom. The highest BCUT2D eigenvalue weighted by Crippen LogP contribution is 2.27. The van der Waals surface area contributed by atoms with E-state index in [0.717, 1.165) is 34.5 Å². The van der Waals surface area contributed by atoms with Crippen molar-refractivity contribution in [2.45, 2.75) is 27.2 Å². The summed E-state index contributed by atoms with van der Waals surface area (Å²) in [6, 6.07) is 13.0. The van der Waals surface area contributed by atoms with Gasteiger partial charge in [-0.3, -0.25) is 14.7 Å². The van der Waals surface area contributed by atoms with Crippen molar-refractivity contribution < 1.29 is 0 Å². The summed E-state index contributed by atoms with van der Waals surface area (Å²) >= 11 is 0. The number of aromatic amines is 2. The SMILES string of the molecule is CCc1[nH]c(=O)c(-c2cc(=O)n3[nH]c(C)c(-c4ccccc4)c3n2)cc1C. The fraction of sp³-hybridized carbons (Fsp3) is 0.190. The highest BCUT2D eigenvalue weighted by molar-refractivity contribution is 5.81. The van der Waals surface area contributed by atoms with E-state index in [2.05, 4.69) is 15.1 Å². The van der Waals surface area contributed by atoms with Gasteiger partial charge in [0.05, 0.1) is 11.3 Å². The molecule has 0 aliphatic carbocycles. The van der Waals surface area contributed by atoms with Crippen LogP contribution in [0.3, 0.4) is 0 Å². The molecule has 0 radical (unpaired) electrons. The zero-order valence-corrected chi connectivity index (χ0v) is 15.5. The van der Waals surface area contributed by atoms with Crippen LogP contribution in [0.15, 0.2) is 52.1 Å². The van der Waals surface area contributed by atoms with E-state index in [1.165, 1.54) is 10.6 Å². The Kier molecular flexibility index (Phi) is 4.03. The van der Waals surface area contributed by atoms with Gasteiger partial charge in [0.15, 0.2) is 5.65 Å². The van der Waals surface area contributed by atoms with Crippen molar-refractivity contribution in [1.29, 1.82) is 0 Å². The van der Waals surface area contributed by atoms with Gasteiger partial charge in [0, 0.05) is 23.0 Å². The molecule has 4 rings (SSSR count). The average Bonchev–Trinajstić information content (AvgIpc) is 3.00. The third kappa shape index (κ3) is 2.79. The summed E-state index contributed by atoms with van der Waals surface area (Å²) in [5.74, 6) is 0. The minimum absolute atomic E-state index is 0.234. The lowest BCUT2D eigenvalue weighted by Gasteiger charge is -2.07. The molecule has 0 saturated carbocycles. The smallest absolute Gasteiger partial charge is 0.273 e. The molecular formula is C21H20N4O2. The quantitative estimate of drug-likeness (QED) is 0.588. The third-order valence-electron chi connectivity index (χ3n) is 4.83. The lowest BCUT2D eigenvalue weighted by molar-refractivity contribution is 0.881. The Hall–Kier alpha value is -3.41. The minimum atomic E-state index is -0.253. The number of nitrogens with zero attached hydrogens (tertiary/aromatic N) is 2. The summed E-state index contributed by atoms with van der Waals surface area (Å²) < 4.78 is 1.42. The van der Waals surface area contributed by atoms with Crippen molar-refractivity contribution in [3.05, 3.63) is 80.1 Å². The van der Waals surface area contributed by atoms with Gasteiger partial charge in [-0.05, 0) is 37.5 Å². The Morgan fingerprint density at radius 2 is 1.81 bits per heavy atom. The van der Waals surface area contributed by atoms with Gasteiger partial charge in [-0.2, -0.15) is 0 Å². The molecule has 0 amide bonds. The molecule has 0 fully saturated rings. The second-order valence-electron chi connectivity index (χ2n) is 6.64. The molecule has 6 heteroatoms. The van der Waals surface area contributed by atoms with Gasteiger partial charge < -0.3 is 4.98 Å². The van der Waals surface area contributed by atoms with E-state index >= 15 is 0 Å². The first-order valence-corrected chi connectivity index (χ1v) is 8.90. The zero-order valence-electron chi connectivity index (χ0n) is 15.5. The molecule has 0 aliphatic rings. The number of aromatic nitrogens is 4. The van der Waals surface area contributed by atoms with E-state index < -0.39 is 0 Å². The fourth-order valence-electron chi connectivity index (χ4n) is 3.47. The van der Waals surface area contributed by atoms with Crippen LogP contribution in [0.1, 0.15) is 23.9 Å². The lowest BCUT2D eigenvalue weighted by atomic mass is 10.1. The van der Waals surface area contributed by atoms with Crippen LogP contribution in [-0.2, 0) is 6.42 Å². The summed E-state index contributed by atoms with van der Waals surface area (Å²) in [5, 5.41) is 3.07. The first-order valence-electron chi connectivity index (χ1n) is 8.90. The fourth-order valence-corrected chi connectivity index (χ4v) is 3.47. The van der Waals surface area contributed by atoms with Crippen LogP contribution in [0.2, 0.25) is 0 Å². The normalized spacial score (nSPS) is 11.2. The molecule has 27 heavy (non-hydrogen) atoms. The van der Waals surface area contributed by atoms with E-state index in [1.54, 1.807) is 6.07 Å². The number of benzene rings is 1. The summed E-state index contributed by atoms with van der Waals surface area (Å²) in [4.78, 5) is 32.8. The number of nitrogens with one attached hydrogen (secondary N) is 2. The number of hydrogen-bond acceptors (Lipinski definition) is 3. The monoisotopic (exact) mass is 360 g/mol. The van der Waals surface area contributed by atoms with Gasteiger partial charge in [0.2, 0.25) is 0 Å². The highest BCUT2D eigenvalue weighted by atomic mass is 16.1. The maximum absolute atomic E-state index is 12.7. The van der Waals surface area contributed by atoms with E-state index in [4.69, 9.17) is 0 Å². The molecule has 6 nitrogen and oxygen atoms in total. The molecule has 3 heterocycles. The van der Waals surface area contributed by atoms with Crippen LogP contribution in [0, 0.1) is 13.8 Å². The Labute approximate surface area is 155 Å². The maximum atomic E-state index is 12.7. The van der Waals surface area contributed by atoms with Gasteiger partial charge in [0.1, 0.15) is 0 Å². The van der Waals surface area contributed by atoms with Crippen LogP contribution < -0.4 is 11.1 Å². The number of H-pyrrole nitrogens is 2. The van der Waals surface area contributed by atoms with Crippen LogP contribution in [0.5, 0.6) is 0 Å². The van der Waals surface area contributed by atoms with Crippen molar-refractivity contribution >= 4 is 5.65 Å². The number of pyridine rings is 1. The van der Waals surface area contributed by atoms with E-state index in [0.29, 0.717) is 16.9 Å². The van der Waals surface area contributed by atoms with Crippen LogP contribution in [0.4, 0.5) is 0 Å².